The van der Waals surface area contributed by atoms with Gasteiger partial charge in [0, 0.05) is 12.5 Å². The second kappa shape index (κ2) is 5.42. The molecule has 4 nitrogen and oxygen atoms in total. The normalized spacial score (nSPS) is 12.8. The highest BCUT2D eigenvalue weighted by Gasteiger charge is 2.21. The van der Waals surface area contributed by atoms with Crippen LogP contribution < -0.4 is 5.73 Å². The van der Waals surface area contributed by atoms with E-state index in [4.69, 9.17) is 5.73 Å². The smallest absolute Gasteiger partial charge is 0.184 e. The number of halogens is 1. The molecule has 0 aliphatic rings. The Labute approximate surface area is 98.0 Å². The number of ketones is 1. The first-order chi connectivity index (χ1) is 7.11. The molecule has 1 rings (SSSR count). The Hall–Kier alpha value is -0.680. The molecule has 1 aromatic heterocycles. The molecule has 0 amide bonds. The number of hydrogen-bond acceptors (Lipinski definition) is 3. The predicted octanol–water partition coefficient (Wildman–Crippen LogP) is 1.83. The van der Waals surface area contributed by atoms with Gasteiger partial charge >= 0.3 is 0 Å². The Morgan fingerprint density at radius 3 is 2.93 bits per heavy atom. The van der Waals surface area contributed by atoms with Crippen molar-refractivity contribution in [1.29, 1.82) is 0 Å². The van der Waals surface area contributed by atoms with Crippen LogP contribution in [0.4, 0.5) is 0 Å². The number of carbonyl (C=O) groups is 1. The first-order valence-electron chi connectivity index (χ1n) is 5.07. The first kappa shape index (κ1) is 12.4. The third-order valence-electron chi connectivity index (χ3n) is 2.37. The van der Waals surface area contributed by atoms with Crippen LogP contribution in [0.3, 0.4) is 0 Å². The van der Waals surface area contributed by atoms with Crippen LogP contribution in [-0.2, 0) is 6.54 Å². The molecule has 1 unspecified atom stereocenters. The molecular weight excluding hydrogens is 258 g/mol. The molecule has 0 aromatic carbocycles. The molecular formula is C10H16BrN3O. The Morgan fingerprint density at radius 1 is 1.73 bits per heavy atom. The lowest BCUT2D eigenvalue weighted by molar-refractivity contribution is 0.0913. The molecule has 0 aliphatic heterocycles. The van der Waals surface area contributed by atoms with E-state index in [2.05, 4.69) is 21.0 Å². The van der Waals surface area contributed by atoms with Gasteiger partial charge in [0.2, 0.25) is 0 Å². The second-order valence-electron chi connectivity index (χ2n) is 3.50. The molecule has 15 heavy (non-hydrogen) atoms. The minimum Gasteiger partial charge on any atom is -0.330 e. The fraction of sp³-hybridized carbons (Fsp3) is 0.600. The molecule has 0 saturated heterocycles. The van der Waals surface area contributed by atoms with Gasteiger partial charge in [-0.1, -0.05) is 6.92 Å². The highest BCUT2D eigenvalue weighted by atomic mass is 79.9. The van der Waals surface area contributed by atoms with Crippen LogP contribution in [0.25, 0.3) is 0 Å². The van der Waals surface area contributed by atoms with Gasteiger partial charge in [0.25, 0.3) is 0 Å². The van der Waals surface area contributed by atoms with E-state index in [0.29, 0.717) is 25.2 Å². The van der Waals surface area contributed by atoms with Crippen molar-refractivity contribution in [2.24, 2.45) is 11.7 Å². The zero-order chi connectivity index (χ0) is 11.4. The lowest BCUT2D eigenvalue weighted by atomic mass is 10.0. The van der Waals surface area contributed by atoms with Crippen LogP contribution >= 0.6 is 15.9 Å². The standard InChI is InChI=1S/C10H16BrN3O/c1-3-14-9(8(11)6-13-14)10(15)7(2)4-5-12/h6-7H,3-5,12H2,1-2H3. The third-order valence-corrected chi connectivity index (χ3v) is 2.96. The fourth-order valence-corrected chi connectivity index (χ4v) is 1.95. The quantitative estimate of drug-likeness (QED) is 0.833. The zero-order valence-electron chi connectivity index (χ0n) is 9.03. The molecule has 1 aromatic rings. The maximum atomic E-state index is 12.0. The predicted molar refractivity (Wildman–Crippen MR) is 62.8 cm³/mol. The molecule has 84 valence electrons. The van der Waals surface area contributed by atoms with E-state index in [1.54, 1.807) is 10.9 Å². The first-order valence-corrected chi connectivity index (χ1v) is 5.86. The van der Waals surface area contributed by atoms with E-state index < -0.39 is 0 Å². The van der Waals surface area contributed by atoms with Crippen LogP contribution in [0, 0.1) is 5.92 Å². The second-order valence-corrected chi connectivity index (χ2v) is 4.35. The Kier molecular flexibility index (Phi) is 4.47. The lowest BCUT2D eigenvalue weighted by Gasteiger charge is -2.10. The van der Waals surface area contributed by atoms with Gasteiger partial charge in [-0.05, 0) is 35.8 Å². The minimum atomic E-state index is -0.0479. The summed E-state index contributed by atoms with van der Waals surface area (Å²) >= 11 is 3.34. The number of aromatic nitrogens is 2. The Balaban J connectivity index is 2.94. The largest absolute Gasteiger partial charge is 0.330 e. The number of nitrogens with zero attached hydrogens (tertiary/aromatic N) is 2. The molecule has 0 saturated carbocycles. The van der Waals surface area contributed by atoms with Crippen molar-refractivity contribution in [3.8, 4) is 0 Å². The van der Waals surface area contributed by atoms with Crippen LogP contribution in [0.2, 0.25) is 0 Å². The molecule has 0 bridgehead atoms. The highest BCUT2D eigenvalue weighted by molar-refractivity contribution is 9.10. The van der Waals surface area contributed by atoms with Gasteiger partial charge in [-0.25, -0.2) is 0 Å². The summed E-state index contributed by atoms with van der Waals surface area (Å²) in [6, 6.07) is 0. The van der Waals surface area contributed by atoms with Gasteiger partial charge in [0.1, 0.15) is 5.69 Å². The number of Topliss-reactive ketones (excluding diaryl/α,β-unsaturated/α-hetero) is 1. The molecule has 0 fully saturated rings. The average Bonchev–Trinajstić information content (AvgIpc) is 2.58. The van der Waals surface area contributed by atoms with Gasteiger partial charge in [0.05, 0.1) is 10.7 Å². The van der Waals surface area contributed by atoms with Crippen molar-refractivity contribution in [3.05, 3.63) is 16.4 Å². The van der Waals surface area contributed by atoms with Crippen molar-refractivity contribution in [2.45, 2.75) is 26.8 Å². The van der Waals surface area contributed by atoms with Gasteiger partial charge < -0.3 is 5.73 Å². The lowest BCUT2D eigenvalue weighted by Crippen LogP contribution is -2.19. The van der Waals surface area contributed by atoms with Crippen LogP contribution in [0.1, 0.15) is 30.8 Å². The molecule has 1 atom stereocenters. The minimum absolute atomic E-state index is 0.0479. The number of carbonyl (C=O) groups excluding carboxylic acids is 1. The topological polar surface area (TPSA) is 60.9 Å². The van der Waals surface area contributed by atoms with Crippen LogP contribution in [0.5, 0.6) is 0 Å². The molecule has 2 N–H and O–H groups in total. The summed E-state index contributed by atoms with van der Waals surface area (Å²) in [5.41, 5.74) is 6.09. The number of rotatable bonds is 5. The third kappa shape index (κ3) is 2.66. The Bertz CT molecular complexity index is 348. The summed E-state index contributed by atoms with van der Waals surface area (Å²) in [4.78, 5) is 12.0. The van der Waals surface area contributed by atoms with Crippen molar-refractivity contribution >= 4 is 21.7 Å². The summed E-state index contributed by atoms with van der Waals surface area (Å²) in [6.07, 6.45) is 2.37. The molecule has 0 spiro atoms. The summed E-state index contributed by atoms with van der Waals surface area (Å²) in [7, 11) is 0. The van der Waals surface area contributed by atoms with Crippen molar-refractivity contribution < 1.29 is 4.79 Å². The summed E-state index contributed by atoms with van der Waals surface area (Å²) in [5, 5.41) is 4.12. The van der Waals surface area contributed by atoms with E-state index in [9.17, 15) is 4.79 Å². The van der Waals surface area contributed by atoms with Crippen molar-refractivity contribution in [3.63, 3.8) is 0 Å². The highest BCUT2D eigenvalue weighted by Crippen LogP contribution is 2.20. The summed E-state index contributed by atoms with van der Waals surface area (Å²) in [5.74, 6) is 0.0555. The van der Waals surface area contributed by atoms with Gasteiger partial charge in [0.15, 0.2) is 5.78 Å². The van der Waals surface area contributed by atoms with Gasteiger partial charge in [-0.3, -0.25) is 9.48 Å². The zero-order valence-corrected chi connectivity index (χ0v) is 10.6. The van der Waals surface area contributed by atoms with Crippen molar-refractivity contribution in [2.75, 3.05) is 6.54 Å². The van der Waals surface area contributed by atoms with E-state index in [1.165, 1.54) is 0 Å². The number of hydrogen-bond donors (Lipinski definition) is 1. The summed E-state index contributed by atoms with van der Waals surface area (Å²) < 4.78 is 2.47. The van der Waals surface area contributed by atoms with E-state index in [0.717, 1.165) is 4.47 Å². The maximum Gasteiger partial charge on any atom is 0.184 e. The van der Waals surface area contributed by atoms with Gasteiger partial charge in [-0.15, -0.1) is 0 Å². The van der Waals surface area contributed by atoms with Crippen molar-refractivity contribution in [1.82, 2.24) is 9.78 Å². The summed E-state index contributed by atoms with van der Waals surface area (Å²) in [6.45, 7) is 5.09. The molecule has 5 heteroatoms. The molecule has 0 aliphatic carbocycles. The monoisotopic (exact) mass is 273 g/mol. The van der Waals surface area contributed by atoms with Crippen LogP contribution in [-0.4, -0.2) is 22.1 Å². The fourth-order valence-electron chi connectivity index (χ4n) is 1.46. The Morgan fingerprint density at radius 2 is 2.40 bits per heavy atom. The van der Waals surface area contributed by atoms with Gasteiger partial charge in [-0.2, -0.15) is 5.10 Å². The SMILES string of the molecule is CCn1ncc(Br)c1C(=O)C(C)CCN. The maximum absolute atomic E-state index is 12.0. The van der Waals surface area contributed by atoms with E-state index in [1.807, 2.05) is 13.8 Å². The average molecular weight is 274 g/mol. The van der Waals surface area contributed by atoms with Crippen LogP contribution in [0.15, 0.2) is 10.7 Å². The van der Waals surface area contributed by atoms with E-state index in [-0.39, 0.29) is 11.7 Å². The number of aryl methyl sites for hydroxylation is 1. The molecule has 1 heterocycles. The van der Waals surface area contributed by atoms with E-state index >= 15 is 0 Å². The number of nitrogens with two attached hydrogens (primary N) is 1. The molecule has 0 radical (unpaired) electrons.